The van der Waals surface area contributed by atoms with E-state index in [1.165, 1.54) is 0 Å². The summed E-state index contributed by atoms with van der Waals surface area (Å²) in [5, 5.41) is 12.7. The Morgan fingerprint density at radius 3 is 2.77 bits per heavy atom. The van der Waals surface area contributed by atoms with Crippen molar-refractivity contribution in [3.8, 4) is 0 Å². The molecule has 2 aliphatic heterocycles. The van der Waals surface area contributed by atoms with Gasteiger partial charge >= 0.3 is 5.97 Å². The van der Waals surface area contributed by atoms with Crippen molar-refractivity contribution in [2.24, 2.45) is 5.11 Å². The molecule has 1 saturated heterocycles. The lowest BCUT2D eigenvalue weighted by Crippen LogP contribution is -2.61. The van der Waals surface area contributed by atoms with Gasteiger partial charge in [-0.1, -0.05) is 19.0 Å². The molecule has 9 heteroatoms. The number of amides is 1. The second-order valence-electron chi connectivity index (χ2n) is 5.08. The van der Waals surface area contributed by atoms with Crippen LogP contribution in [0.3, 0.4) is 0 Å². The van der Waals surface area contributed by atoms with Crippen molar-refractivity contribution in [1.82, 2.24) is 9.80 Å². The fourth-order valence-electron chi connectivity index (χ4n) is 2.80. The predicted octanol–water partition coefficient (Wildman–Crippen LogP) is 0.934. The van der Waals surface area contributed by atoms with E-state index >= 15 is 0 Å². The number of carboxylic acids is 1. The molecule has 0 aromatic carbocycles. The Bertz CT molecular complexity index is 551. The third-order valence-electron chi connectivity index (χ3n) is 4.04. The number of carbonyl (C=O) groups is 2. The molecule has 0 aromatic rings. The number of ether oxygens (including phenoxy) is 1. The Kier molecular flexibility index (Phi) is 4.89. The first kappa shape index (κ1) is 16.1. The smallest absolute Gasteiger partial charge is 0.356 e. The van der Waals surface area contributed by atoms with Crippen LogP contribution in [0.2, 0.25) is 0 Å². The van der Waals surface area contributed by atoms with Gasteiger partial charge in [0.1, 0.15) is 18.4 Å². The molecule has 0 bridgehead atoms. The summed E-state index contributed by atoms with van der Waals surface area (Å²) in [6, 6.07) is -1.26. The molecule has 0 spiro atoms. The summed E-state index contributed by atoms with van der Waals surface area (Å²) < 4.78 is 5.60. The second-order valence-corrected chi connectivity index (χ2v) is 5.08. The summed E-state index contributed by atoms with van der Waals surface area (Å²) >= 11 is 0. The Labute approximate surface area is 127 Å². The molecule has 2 atom stereocenters. The summed E-state index contributed by atoms with van der Waals surface area (Å²) in [6.45, 7) is 6.89. The maximum atomic E-state index is 11.9. The number of fused-ring (bicyclic) bond motifs is 1. The number of hydrogen-bond donors (Lipinski definition) is 1. The zero-order valence-corrected chi connectivity index (χ0v) is 12.6. The SMILES string of the molecule is CCN(CC)CCOC1=C(C(=O)O)N2C(=O)C(N=[N+]=[N-])C2C1. The van der Waals surface area contributed by atoms with Gasteiger partial charge in [0, 0.05) is 17.9 Å². The first-order chi connectivity index (χ1) is 10.5. The number of rotatable bonds is 8. The third-order valence-corrected chi connectivity index (χ3v) is 4.04. The number of carboxylic acid groups (broad SMARTS) is 1. The normalized spacial score (nSPS) is 23.2. The van der Waals surface area contributed by atoms with Gasteiger partial charge in [-0.15, -0.1) is 0 Å². The molecule has 0 radical (unpaired) electrons. The molecule has 9 nitrogen and oxygen atoms in total. The summed E-state index contributed by atoms with van der Waals surface area (Å²) in [7, 11) is 0. The van der Waals surface area contributed by atoms with E-state index in [0.717, 1.165) is 18.0 Å². The molecular formula is C13H19N5O4. The number of β-lactam (4-membered cyclic amide) rings is 1. The third kappa shape index (κ3) is 2.72. The number of nitrogens with zero attached hydrogens (tertiary/aromatic N) is 5. The highest BCUT2D eigenvalue weighted by molar-refractivity contribution is 6.00. The Morgan fingerprint density at radius 2 is 2.23 bits per heavy atom. The molecule has 0 aromatic heterocycles. The van der Waals surface area contributed by atoms with Crippen molar-refractivity contribution in [1.29, 1.82) is 0 Å². The van der Waals surface area contributed by atoms with Gasteiger partial charge in [-0.2, -0.15) is 0 Å². The van der Waals surface area contributed by atoms with Crippen LogP contribution in [0, 0.1) is 0 Å². The van der Waals surface area contributed by atoms with Crippen LogP contribution >= 0.6 is 0 Å². The number of carbonyl (C=O) groups excluding carboxylic acids is 1. The average Bonchev–Trinajstić information content (AvgIpc) is 2.84. The van der Waals surface area contributed by atoms with E-state index < -0.39 is 24.0 Å². The summed E-state index contributed by atoms with van der Waals surface area (Å²) in [5.74, 6) is -1.40. The summed E-state index contributed by atoms with van der Waals surface area (Å²) in [4.78, 5) is 29.2. The van der Waals surface area contributed by atoms with Crippen molar-refractivity contribution in [3.63, 3.8) is 0 Å². The molecule has 120 valence electrons. The van der Waals surface area contributed by atoms with Crippen LogP contribution in [0.15, 0.2) is 16.6 Å². The van der Waals surface area contributed by atoms with E-state index in [4.69, 9.17) is 10.3 Å². The van der Waals surface area contributed by atoms with Crippen LogP contribution in [0.4, 0.5) is 0 Å². The topological polar surface area (TPSA) is 119 Å². The maximum absolute atomic E-state index is 11.9. The Hall–Kier alpha value is -2.25. The van der Waals surface area contributed by atoms with E-state index in [2.05, 4.69) is 14.9 Å². The number of aliphatic carboxylic acids is 1. The van der Waals surface area contributed by atoms with Crippen molar-refractivity contribution >= 4 is 11.9 Å². The van der Waals surface area contributed by atoms with Crippen LogP contribution in [0.1, 0.15) is 20.3 Å². The highest BCUT2D eigenvalue weighted by Gasteiger charge is 2.55. The van der Waals surface area contributed by atoms with E-state index in [1.807, 2.05) is 13.8 Å². The minimum atomic E-state index is -1.20. The van der Waals surface area contributed by atoms with Gasteiger partial charge in [-0.05, 0) is 18.6 Å². The summed E-state index contributed by atoms with van der Waals surface area (Å²) in [6.07, 6.45) is 0.273. The van der Waals surface area contributed by atoms with Gasteiger partial charge in [-0.25, -0.2) is 4.79 Å². The van der Waals surface area contributed by atoms with Gasteiger partial charge in [0.05, 0.1) is 6.04 Å². The minimum Gasteiger partial charge on any atom is -0.494 e. The van der Waals surface area contributed by atoms with Crippen LogP contribution < -0.4 is 0 Å². The molecule has 2 heterocycles. The fraction of sp³-hybridized carbons (Fsp3) is 0.692. The molecule has 2 unspecified atom stereocenters. The van der Waals surface area contributed by atoms with Crippen LogP contribution in [0.25, 0.3) is 10.4 Å². The molecule has 22 heavy (non-hydrogen) atoms. The van der Waals surface area contributed by atoms with E-state index in [9.17, 15) is 14.7 Å². The monoisotopic (exact) mass is 309 g/mol. The largest absolute Gasteiger partial charge is 0.494 e. The number of azide groups is 1. The quantitative estimate of drug-likeness (QED) is 0.310. The molecule has 2 aliphatic rings. The van der Waals surface area contributed by atoms with E-state index in [1.54, 1.807) is 0 Å². The van der Waals surface area contributed by atoms with Gasteiger partial charge in [-0.3, -0.25) is 9.69 Å². The van der Waals surface area contributed by atoms with Crippen LogP contribution in [0.5, 0.6) is 0 Å². The molecule has 1 N–H and O–H groups in total. The zero-order valence-electron chi connectivity index (χ0n) is 12.6. The van der Waals surface area contributed by atoms with E-state index in [0.29, 0.717) is 13.2 Å². The highest BCUT2D eigenvalue weighted by atomic mass is 16.5. The van der Waals surface area contributed by atoms with E-state index in [-0.39, 0.29) is 17.9 Å². The first-order valence-electron chi connectivity index (χ1n) is 7.23. The van der Waals surface area contributed by atoms with Crippen molar-refractivity contribution in [2.75, 3.05) is 26.2 Å². The van der Waals surface area contributed by atoms with Gasteiger partial charge in [0.15, 0.2) is 5.70 Å². The lowest BCUT2D eigenvalue weighted by Gasteiger charge is -2.40. The molecule has 1 amide bonds. The molecule has 0 aliphatic carbocycles. The number of likely N-dealkylation sites (N-methyl/N-ethyl adjacent to an activating group) is 1. The minimum absolute atomic E-state index is 0.126. The molecule has 2 rings (SSSR count). The second kappa shape index (κ2) is 6.67. The van der Waals surface area contributed by atoms with Gasteiger partial charge < -0.3 is 14.7 Å². The average molecular weight is 309 g/mol. The molecule has 0 saturated carbocycles. The predicted molar refractivity (Wildman–Crippen MR) is 76.6 cm³/mol. The molecular weight excluding hydrogens is 290 g/mol. The van der Waals surface area contributed by atoms with Crippen LogP contribution in [-0.2, 0) is 14.3 Å². The summed E-state index contributed by atoms with van der Waals surface area (Å²) in [5.41, 5.74) is 8.33. The zero-order chi connectivity index (χ0) is 16.3. The van der Waals surface area contributed by atoms with Crippen molar-refractivity contribution in [2.45, 2.75) is 32.4 Å². The lowest BCUT2D eigenvalue weighted by atomic mass is 9.96. The Morgan fingerprint density at radius 1 is 1.55 bits per heavy atom. The van der Waals surface area contributed by atoms with Crippen LogP contribution in [-0.4, -0.2) is 65.1 Å². The van der Waals surface area contributed by atoms with Crippen molar-refractivity contribution in [3.05, 3.63) is 21.9 Å². The highest BCUT2D eigenvalue weighted by Crippen LogP contribution is 2.40. The van der Waals surface area contributed by atoms with Gasteiger partial charge in [0.2, 0.25) is 5.91 Å². The lowest BCUT2D eigenvalue weighted by molar-refractivity contribution is -0.149. The standard InChI is InChI=1S/C13H19N5O4/c1-3-17(4-2)5-6-22-9-7-8-10(15-16-14)12(19)18(8)11(9)13(20)21/h8,10H,3-7H2,1-2H3,(H,20,21). The molecule has 1 fully saturated rings. The van der Waals surface area contributed by atoms with Gasteiger partial charge in [0.25, 0.3) is 0 Å². The maximum Gasteiger partial charge on any atom is 0.356 e. The number of hydrogen-bond acceptors (Lipinski definition) is 5. The Balaban J connectivity index is 2.05. The van der Waals surface area contributed by atoms with Crippen molar-refractivity contribution < 1.29 is 19.4 Å². The fourth-order valence-corrected chi connectivity index (χ4v) is 2.80. The first-order valence-corrected chi connectivity index (χ1v) is 7.23.